The first kappa shape index (κ1) is 13.8. The summed E-state index contributed by atoms with van der Waals surface area (Å²) in [6, 6.07) is 7.85. The van der Waals surface area contributed by atoms with Crippen LogP contribution in [-0.4, -0.2) is 33.8 Å². The second-order valence-corrected chi connectivity index (χ2v) is 4.51. The number of benzene rings is 1. The lowest BCUT2D eigenvalue weighted by Crippen LogP contribution is -2.28. The summed E-state index contributed by atoms with van der Waals surface area (Å²) in [7, 11) is 3.35. The van der Waals surface area contributed by atoms with Crippen molar-refractivity contribution in [3.8, 4) is 0 Å². The Bertz CT molecular complexity index is 659. The summed E-state index contributed by atoms with van der Waals surface area (Å²) >= 11 is 0. The third-order valence-electron chi connectivity index (χ3n) is 3.03. The topological polar surface area (TPSA) is 75.4 Å². The maximum atomic E-state index is 12.3. The van der Waals surface area contributed by atoms with Crippen LogP contribution in [0.15, 0.2) is 30.3 Å². The van der Waals surface area contributed by atoms with Gasteiger partial charge in [-0.3, -0.25) is 9.48 Å². The number of hydrogen-bond acceptors (Lipinski definition) is 3. The van der Waals surface area contributed by atoms with Gasteiger partial charge in [-0.1, -0.05) is 0 Å². The van der Waals surface area contributed by atoms with Crippen molar-refractivity contribution in [1.29, 1.82) is 0 Å². The SMILES string of the molecule is Cc1cc(C(=O)N(C)c2ccc(C(=O)O)cc2)n(C)n1. The highest BCUT2D eigenvalue weighted by Crippen LogP contribution is 2.17. The molecule has 0 saturated carbocycles. The predicted octanol–water partition coefficient (Wildman–Crippen LogP) is 1.70. The maximum Gasteiger partial charge on any atom is 0.335 e. The Kier molecular flexibility index (Phi) is 3.56. The van der Waals surface area contributed by atoms with E-state index in [0.717, 1.165) is 5.69 Å². The van der Waals surface area contributed by atoms with Crippen molar-refractivity contribution in [2.24, 2.45) is 7.05 Å². The minimum Gasteiger partial charge on any atom is -0.478 e. The number of aryl methyl sites for hydroxylation is 2. The van der Waals surface area contributed by atoms with Gasteiger partial charge in [0.2, 0.25) is 0 Å². The molecule has 2 aromatic rings. The Morgan fingerprint density at radius 3 is 2.30 bits per heavy atom. The van der Waals surface area contributed by atoms with E-state index in [0.29, 0.717) is 11.4 Å². The number of carboxylic acid groups (broad SMARTS) is 1. The van der Waals surface area contributed by atoms with Gasteiger partial charge in [-0.2, -0.15) is 5.10 Å². The quantitative estimate of drug-likeness (QED) is 0.923. The second kappa shape index (κ2) is 5.16. The molecule has 0 bridgehead atoms. The van der Waals surface area contributed by atoms with Crippen molar-refractivity contribution in [3.63, 3.8) is 0 Å². The number of anilines is 1. The monoisotopic (exact) mass is 273 g/mol. The molecule has 0 radical (unpaired) electrons. The van der Waals surface area contributed by atoms with Crippen molar-refractivity contribution in [2.75, 3.05) is 11.9 Å². The Balaban J connectivity index is 2.26. The summed E-state index contributed by atoms with van der Waals surface area (Å²) in [5.74, 6) is -1.19. The molecule has 6 heteroatoms. The lowest BCUT2D eigenvalue weighted by atomic mass is 10.2. The molecule has 1 aromatic carbocycles. The fourth-order valence-corrected chi connectivity index (χ4v) is 1.93. The summed E-state index contributed by atoms with van der Waals surface area (Å²) in [6.45, 7) is 1.82. The summed E-state index contributed by atoms with van der Waals surface area (Å²) in [5, 5.41) is 13.0. The van der Waals surface area contributed by atoms with Crippen LogP contribution in [0.5, 0.6) is 0 Å². The molecule has 1 N–H and O–H groups in total. The van der Waals surface area contributed by atoms with Crippen LogP contribution in [0.3, 0.4) is 0 Å². The Hall–Kier alpha value is -2.63. The van der Waals surface area contributed by atoms with Gasteiger partial charge in [0.25, 0.3) is 5.91 Å². The van der Waals surface area contributed by atoms with Crippen LogP contribution in [0.2, 0.25) is 0 Å². The predicted molar refractivity (Wildman–Crippen MR) is 74.1 cm³/mol. The number of nitrogens with zero attached hydrogens (tertiary/aromatic N) is 3. The van der Waals surface area contributed by atoms with Gasteiger partial charge >= 0.3 is 5.97 Å². The Morgan fingerprint density at radius 1 is 1.25 bits per heavy atom. The third kappa shape index (κ3) is 2.54. The molecular weight excluding hydrogens is 258 g/mol. The molecule has 1 aromatic heterocycles. The molecule has 0 fully saturated rings. The zero-order valence-corrected chi connectivity index (χ0v) is 11.5. The zero-order chi connectivity index (χ0) is 14.9. The first-order valence-electron chi connectivity index (χ1n) is 6.02. The summed E-state index contributed by atoms with van der Waals surface area (Å²) < 4.78 is 1.53. The molecular formula is C14H15N3O3. The van der Waals surface area contributed by atoms with E-state index >= 15 is 0 Å². The largest absolute Gasteiger partial charge is 0.478 e. The van der Waals surface area contributed by atoms with Crippen LogP contribution >= 0.6 is 0 Å². The van der Waals surface area contributed by atoms with Crippen LogP contribution in [0, 0.1) is 6.92 Å². The Morgan fingerprint density at radius 2 is 1.85 bits per heavy atom. The average Bonchev–Trinajstić information content (AvgIpc) is 2.76. The standard InChI is InChI=1S/C14H15N3O3/c1-9-8-12(17(3)15-9)13(18)16(2)11-6-4-10(5-7-11)14(19)20/h4-8H,1-3H3,(H,19,20). The van der Waals surface area contributed by atoms with E-state index in [2.05, 4.69) is 5.10 Å². The van der Waals surface area contributed by atoms with Gasteiger partial charge in [0, 0.05) is 19.8 Å². The fraction of sp³-hybridized carbons (Fsp3) is 0.214. The van der Waals surface area contributed by atoms with Crippen molar-refractivity contribution < 1.29 is 14.7 Å². The molecule has 2 rings (SSSR count). The molecule has 0 unspecified atom stereocenters. The minimum absolute atomic E-state index is 0.186. The van der Waals surface area contributed by atoms with Gasteiger partial charge < -0.3 is 10.0 Å². The summed E-state index contributed by atoms with van der Waals surface area (Å²) in [6.07, 6.45) is 0. The number of aromatic carboxylic acids is 1. The highest BCUT2D eigenvalue weighted by Gasteiger charge is 2.18. The molecule has 0 aliphatic rings. The van der Waals surface area contributed by atoms with Crippen LogP contribution in [0.4, 0.5) is 5.69 Å². The summed E-state index contributed by atoms with van der Waals surface area (Å²) in [4.78, 5) is 24.6. The van der Waals surface area contributed by atoms with Gasteiger partial charge in [-0.15, -0.1) is 0 Å². The number of carboxylic acids is 1. The van der Waals surface area contributed by atoms with Gasteiger partial charge in [0.15, 0.2) is 0 Å². The number of hydrogen-bond donors (Lipinski definition) is 1. The normalized spacial score (nSPS) is 10.3. The zero-order valence-electron chi connectivity index (χ0n) is 11.5. The number of amides is 1. The number of aromatic nitrogens is 2. The number of carbonyl (C=O) groups is 2. The molecule has 0 aliphatic heterocycles. The van der Waals surface area contributed by atoms with Crippen molar-refractivity contribution >= 4 is 17.6 Å². The van der Waals surface area contributed by atoms with Crippen molar-refractivity contribution in [2.45, 2.75) is 6.92 Å². The lowest BCUT2D eigenvalue weighted by Gasteiger charge is -2.17. The average molecular weight is 273 g/mol. The van der Waals surface area contributed by atoms with E-state index in [1.54, 1.807) is 32.3 Å². The van der Waals surface area contributed by atoms with Crippen LogP contribution < -0.4 is 4.90 Å². The molecule has 20 heavy (non-hydrogen) atoms. The molecule has 1 heterocycles. The first-order valence-corrected chi connectivity index (χ1v) is 6.02. The van der Waals surface area contributed by atoms with E-state index in [4.69, 9.17) is 5.11 Å². The van der Waals surface area contributed by atoms with Gasteiger partial charge in [0.05, 0.1) is 11.3 Å². The lowest BCUT2D eigenvalue weighted by molar-refractivity contribution is 0.0696. The third-order valence-corrected chi connectivity index (χ3v) is 3.03. The van der Waals surface area contributed by atoms with Crippen LogP contribution in [0.25, 0.3) is 0 Å². The first-order chi connectivity index (χ1) is 9.40. The molecule has 6 nitrogen and oxygen atoms in total. The van der Waals surface area contributed by atoms with E-state index < -0.39 is 5.97 Å². The van der Waals surface area contributed by atoms with Gasteiger partial charge in [-0.05, 0) is 37.3 Å². The van der Waals surface area contributed by atoms with Crippen molar-refractivity contribution in [3.05, 3.63) is 47.3 Å². The maximum absolute atomic E-state index is 12.3. The van der Waals surface area contributed by atoms with Gasteiger partial charge in [0.1, 0.15) is 5.69 Å². The molecule has 1 amide bonds. The second-order valence-electron chi connectivity index (χ2n) is 4.51. The summed E-state index contributed by atoms with van der Waals surface area (Å²) in [5.41, 5.74) is 2.06. The molecule has 104 valence electrons. The molecule has 0 saturated heterocycles. The van der Waals surface area contributed by atoms with E-state index in [9.17, 15) is 9.59 Å². The highest BCUT2D eigenvalue weighted by atomic mass is 16.4. The number of rotatable bonds is 3. The van der Waals surface area contributed by atoms with E-state index in [1.165, 1.54) is 21.7 Å². The fourth-order valence-electron chi connectivity index (χ4n) is 1.93. The molecule has 0 atom stereocenters. The van der Waals surface area contributed by atoms with E-state index in [1.807, 2.05) is 6.92 Å². The van der Waals surface area contributed by atoms with Gasteiger partial charge in [-0.25, -0.2) is 4.79 Å². The van der Waals surface area contributed by atoms with Crippen LogP contribution in [-0.2, 0) is 7.05 Å². The smallest absolute Gasteiger partial charge is 0.335 e. The minimum atomic E-state index is -0.993. The number of carbonyl (C=O) groups excluding carboxylic acids is 1. The van der Waals surface area contributed by atoms with E-state index in [-0.39, 0.29) is 11.5 Å². The highest BCUT2D eigenvalue weighted by molar-refractivity contribution is 6.04. The molecule has 0 spiro atoms. The van der Waals surface area contributed by atoms with Crippen molar-refractivity contribution in [1.82, 2.24) is 9.78 Å². The Labute approximate surface area is 116 Å². The molecule has 0 aliphatic carbocycles. The van der Waals surface area contributed by atoms with Crippen LogP contribution in [0.1, 0.15) is 26.5 Å².